The smallest absolute Gasteiger partial charge is 0.476 e. The van der Waals surface area contributed by atoms with E-state index in [0.29, 0.717) is 0 Å². The third kappa shape index (κ3) is 8.06. The molecular weight excluding hydrogens is 331 g/mol. The number of rotatable bonds is 7. The van der Waals surface area contributed by atoms with Crippen LogP contribution in [0.1, 0.15) is 47.1 Å². The summed E-state index contributed by atoms with van der Waals surface area (Å²) >= 11 is 0. The second kappa shape index (κ2) is 7.79. The molecule has 1 unspecified atom stereocenters. The maximum Gasteiger partial charge on any atom is 0.476 e. The first-order chi connectivity index (χ1) is 10.8. The molecule has 0 aliphatic rings. The van der Waals surface area contributed by atoms with Crippen molar-refractivity contribution >= 4 is 13.8 Å². The molecule has 0 saturated heterocycles. The summed E-state index contributed by atoms with van der Waals surface area (Å²) in [6.45, 7) is 10.2. The van der Waals surface area contributed by atoms with Gasteiger partial charge in [0.05, 0.1) is 11.2 Å². The first-order valence-electron chi connectivity index (χ1n) is 7.76. The second-order valence-electron chi connectivity index (χ2n) is 7.48. The van der Waals surface area contributed by atoms with Crippen molar-refractivity contribution in [1.82, 2.24) is 0 Å². The minimum absolute atomic E-state index is 0.0567. The molecule has 0 fully saturated rings. The van der Waals surface area contributed by atoms with Crippen LogP contribution >= 0.6 is 7.82 Å². The van der Waals surface area contributed by atoms with Crippen molar-refractivity contribution in [1.29, 1.82) is 0 Å². The molecule has 1 aromatic carbocycles. The molecule has 7 heteroatoms. The highest BCUT2D eigenvalue weighted by molar-refractivity contribution is 7.48. The van der Waals surface area contributed by atoms with Gasteiger partial charge in [0.15, 0.2) is 6.10 Å². The lowest BCUT2D eigenvalue weighted by molar-refractivity contribution is -0.147. The summed E-state index contributed by atoms with van der Waals surface area (Å²) in [5.41, 5.74) is -0.893. The van der Waals surface area contributed by atoms with Crippen molar-refractivity contribution in [2.45, 2.75) is 65.3 Å². The third-order valence-corrected chi connectivity index (χ3v) is 4.62. The van der Waals surface area contributed by atoms with E-state index in [0.717, 1.165) is 5.56 Å². The van der Waals surface area contributed by atoms with Gasteiger partial charge in [-0.1, -0.05) is 30.3 Å². The molecule has 6 nitrogen and oxygen atoms in total. The molecule has 0 aromatic heterocycles. The average molecular weight is 358 g/mol. The van der Waals surface area contributed by atoms with E-state index in [1.807, 2.05) is 6.07 Å². The standard InChI is InChI=1S/C17H27O6P/c1-16(2,3)22-24(20,23-17(4,5)6)21-14(15(18)19)12-13-10-8-7-9-11-13/h7-11,14H,12H2,1-6H3,(H,18,19). The van der Waals surface area contributed by atoms with Gasteiger partial charge >= 0.3 is 13.8 Å². The fourth-order valence-corrected chi connectivity index (χ4v) is 3.83. The Morgan fingerprint density at radius 2 is 1.50 bits per heavy atom. The second-order valence-corrected chi connectivity index (χ2v) is 8.95. The molecular formula is C17H27O6P. The van der Waals surface area contributed by atoms with Gasteiger partial charge in [0.25, 0.3) is 0 Å². The first kappa shape index (κ1) is 20.8. The van der Waals surface area contributed by atoms with Crippen LogP contribution in [0.5, 0.6) is 0 Å². The summed E-state index contributed by atoms with van der Waals surface area (Å²) in [6, 6.07) is 8.98. The average Bonchev–Trinajstić information content (AvgIpc) is 2.34. The van der Waals surface area contributed by atoms with Crippen molar-refractivity contribution in [2.24, 2.45) is 0 Å². The van der Waals surface area contributed by atoms with Crippen molar-refractivity contribution in [3.05, 3.63) is 35.9 Å². The van der Waals surface area contributed by atoms with Gasteiger partial charge < -0.3 is 5.11 Å². The SMILES string of the molecule is CC(C)(C)OP(=O)(OC(Cc1ccccc1)C(=O)O)OC(C)(C)C. The van der Waals surface area contributed by atoms with Gasteiger partial charge in [-0.25, -0.2) is 9.36 Å². The van der Waals surface area contributed by atoms with Crippen LogP contribution in [0, 0.1) is 0 Å². The van der Waals surface area contributed by atoms with E-state index >= 15 is 0 Å². The molecule has 0 amide bonds. The van der Waals surface area contributed by atoms with Crippen LogP contribution in [-0.4, -0.2) is 28.4 Å². The molecule has 0 saturated carbocycles. The topological polar surface area (TPSA) is 82.1 Å². The van der Waals surface area contributed by atoms with Crippen LogP contribution in [-0.2, 0) is 29.4 Å². The molecule has 0 aliphatic carbocycles. The number of phosphoric acid groups is 1. The number of phosphoric ester groups is 1. The van der Waals surface area contributed by atoms with Crippen LogP contribution in [0.15, 0.2) is 30.3 Å². The summed E-state index contributed by atoms with van der Waals surface area (Å²) in [4.78, 5) is 11.6. The van der Waals surface area contributed by atoms with Crippen LogP contribution in [0.4, 0.5) is 0 Å². The van der Waals surface area contributed by atoms with Gasteiger partial charge in [-0.05, 0) is 47.1 Å². The number of hydrogen-bond donors (Lipinski definition) is 1. The Balaban J connectivity index is 3.03. The Kier molecular flexibility index (Phi) is 6.76. The molecule has 0 aliphatic heterocycles. The zero-order chi connectivity index (χ0) is 18.6. The Labute approximate surface area is 143 Å². The number of carbonyl (C=O) groups is 1. The van der Waals surface area contributed by atoms with E-state index in [1.165, 1.54) is 0 Å². The van der Waals surface area contributed by atoms with Crippen molar-refractivity contribution in [3.8, 4) is 0 Å². The van der Waals surface area contributed by atoms with Crippen LogP contribution in [0.2, 0.25) is 0 Å². The largest absolute Gasteiger partial charge is 0.479 e. The van der Waals surface area contributed by atoms with E-state index in [9.17, 15) is 14.5 Å². The molecule has 0 bridgehead atoms. The summed E-state index contributed by atoms with van der Waals surface area (Å²) < 4.78 is 29.3. The summed E-state index contributed by atoms with van der Waals surface area (Å²) in [5.74, 6) is -1.23. The molecule has 0 spiro atoms. The van der Waals surface area contributed by atoms with Crippen LogP contribution in [0.3, 0.4) is 0 Å². The number of carboxylic acid groups (broad SMARTS) is 1. The first-order valence-corrected chi connectivity index (χ1v) is 9.22. The lowest BCUT2D eigenvalue weighted by atomic mass is 10.1. The van der Waals surface area contributed by atoms with Crippen molar-refractivity contribution in [2.75, 3.05) is 0 Å². The molecule has 0 heterocycles. The van der Waals surface area contributed by atoms with E-state index in [2.05, 4.69) is 0 Å². The highest BCUT2D eigenvalue weighted by atomic mass is 31.2. The minimum Gasteiger partial charge on any atom is -0.479 e. The summed E-state index contributed by atoms with van der Waals surface area (Å²) in [5, 5.41) is 9.44. The van der Waals surface area contributed by atoms with E-state index in [-0.39, 0.29) is 6.42 Å². The highest BCUT2D eigenvalue weighted by Crippen LogP contribution is 2.56. The fourth-order valence-electron chi connectivity index (χ4n) is 1.89. The summed E-state index contributed by atoms with van der Waals surface area (Å²) in [6.07, 6.45) is -1.29. The van der Waals surface area contributed by atoms with Gasteiger partial charge in [-0.15, -0.1) is 0 Å². The van der Waals surface area contributed by atoms with Gasteiger partial charge in [-0.3, -0.25) is 13.6 Å². The molecule has 1 rings (SSSR count). The molecule has 1 aromatic rings. The predicted octanol–water partition coefficient (Wildman–Crippen LogP) is 4.44. The minimum atomic E-state index is -4.09. The number of hydrogen-bond acceptors (Lipinski definition) is 5. The molecule has 1 N–H and O–H groups in total. The van der Waals surface area contributed by atoms with Crippen LogP contribution < -0.4 is 0 Å². The zero-order valence-electron chi connectivity index (χ0n) is 15.1. The van der Waals surface area contributed by atoms with Gasteiger partial charge in [0, 0.05) is 6.42 Å². The Hall–Kier alpha value is -1.20. The van der Waals surface area contributed by atoms with Crippen LogP contribution in [0.25, 0.3) is 0 Å². The quantitative estimate of drug-likeness (QED) is 0.726. The van der Waals surface area contributed by atoms with Crippen molar-refractivity contribution < 1.29 is 28.0 Å². The zero-order valence-corrected chi connectivity index (χ0v) is 16.0. The molecule has 136 valence electrons. The Bertz CT molecular complexity index is 565. The molecule has 24 heavy (non-hydrogen) atoms. The summed E-state index contributed by atoms with van der Waals surface area (Å²) in [7, 11) is -4.09. The highest BCUT2D eigenvalue weighted by Gasteiger charge is 2.41. The van der Waals surface area contributed by atoms with E-state index < -0.39 is 31.1 Å². The number of benzene rings is 1. The third-order valence-electron chi connectivity index (χ3n) is 2.57. The van der Waals surface area contributed by atoms with Gasteiger partial charge in [0.1, 0.15) is 0 Å². The number of aliphatic carboxylic acids is 1. The normalized spacial score (nSPS) is 14.4. The van der Waals surface area contributed by atoms with Gasteiger partial charge in [0.2, 0.25) is 0 Å². The lowest BCUT2D eigenvalue weighted by Crippen LogP contribution is -2.30. The number of carboxylic acids is 1. The predicted molar refractivity (Wildman–Crippen MR) is 91.9 cm³/mol. The van der Waals surface area contributed by atoms with E-state index in [4.69, 9.17) is 13.6 Å². The molecule has 1 atom stereocenters. The van der Waals surface area contributed by atoms with Gasteiger partial charge in [-0.2, -0.15) is 0 Å². The van der Waals surface area contributed by atoms with E-state index in [1.54, 1.807) is 65.8 Å². The maximum absolute atomic E-state index is 13.0. The maximum atomic E-state index is 13.0. The fraction of sp³-hybridized carbons (Fsp3) is 0.588. The lowest BCUT2D eigenvalue weighted by Gasteiger charge is -2.32. The monoisotopic (exact) mass is 358 g/mol. The Morgan fingerprint density at radius 1 is 1.04 bits per heavy atom. The molecule has 0 radical (unpaired) electrons. The Morgan fingerprint density at radius 3 is 1.88 bits per heavy atom. The van der Waals surface area contributed by atoms with Crippen molar-refractivity contribution in [3.63, 3.8) is 0 Å².